The van der Waals surface area contributed by atoms with Crippen LogP contribution in [0.25, 0.3) is 0 Å². The molecule has 0 bridgehead atoms. The van der Waals surface area contributed by atoms with Crippen LogP contribution in [-0.4, -0.2) is 50.5 Å². The van der Waals surface area contributed by atoms with E-state index in [9.17, 15) is 22.0 Å². The third kappa shape index (κ3) is 6.95. The topological polar surface area (TPSA) is 33.7 Å². The largest absolute Gasteiger partial charge is 0.490 e. The van der Waals surface area contributed by atoms with E-state index in [0.29, 0.717) is 39.2 Å². The monoisotopic (exact) mass is 382 g/mol. The smallest absolute Gasteiger partial charge is 0.401 e. The zero-order valence-corrected chi connectivity index (χ0v) is 14.5. The van der Waals surface area contributed by atoms with Crippen LogP contribution in [0, 0.1) is 5.92 Å². The van der Waals surface area contributed by atoms with Crippen LogP contribution in [0.1, 0.15) is 18.9 Å². The van der Waals surface area contributed by atoms with Crippen molar-refractivity contribution in [1.82, 2.24) is 10.2 Å². The molecule has 1 aliphatic heterocycles. The lowest BCUT2D eigenvalue weighted by Gasteiger charge is -2.18. The van der Waals surface area contributed by atoms with Crippen molar-refractivity contribution in [2.24, 2.45) is 5.92 Å². The second kappa shape index (κ2) is 9.36. The SMILES string of the molecule is CCOc1cc(CNCC2CCN(CC(F)(F)F)C2)ccc1OC(F)F. The molecule has 1 aliphatic rings. The van der Waals surface area contributed by atoms with Crippen LogP contribution >= 0.6 is 0 Å². The van der Waals surface area contributed by atoms with Crippen LogP contribution in [0.4, 0.5) is 22.0 Å². The molecule has 0 aromatic heterocycles. The van der Waals surface area contributed by atoms with Crippen LogP contribution in [0.15, 0.2) is 18.2 Å². The third-order valence-corrected chi connectivity index (χ3v) is 4.06. The maximum absolute atomic E-state index is 12.4. The Morgan fingerprint density at radius 1 is 1.27 bits per heavy atom. The van der Waals surface area contributed by atoms with Crippen molar-refractivity contribution in [2.75, 3.05) is 32.8 Å². The molecular formula is C17H23F5N2O2. The summed E-state index contributed by atoms with van der Waals surface area (Å²) in [5.74, 6) is 0.374. The first-order chi connectivity index (χ1) is 12.3. The first kappa shape index (κ1) is 20.7. The van der Waals surface area contributed by atoms with E-state index in [0.717, 1.165) is 5.56 Å². The molecule has 1 heterocycles. The summed E-state index contributed by atoms with van der Waals surface area (Å²) in [5.41, 5.74) is 0.820. The second-order valence-corrected chi connectivity index (χ2v) is 6.23. The molecule has 2 rings (SSSR count). The minimum absolute atomic E-state index is 0.0239. The van der Waals surface area contributed by atoms with Crippen LogP contribution < -0.4 is 14.8 Å². The molecule has 4 nitrogen and oxygen atoms in total. The van der Waals surface area contributed by atoms with E-state index in [2.05, 4.69) is 10.1 Å². The van der Waals surface area contributed by atoms with Gasteiger partial charge in [-0.15, -0.1) is 0 Å². The number of hydrogen-bond donors (Lipinski definition) is 1. The van der Waals surface area contributed by atoms with Crippen LogP contribution in [0.3, 0.4) is 0 Å². The molecule has 1 aromatic rings. The third-order valence-electron chi connectivity index (χ3n) is 4.06. The summed E-state index contributed by atoms with van der Waals surface area (Å²) in [5, 5.41) is 3.20. The minimum Gasteiger partial charge on any atom is -0.490 e. The highest BCUT2D eigenvalue weighted by Gasteiger charge is 2.34. The molecular weight excluding hydrogens is 359 g/mol. The van der Waals surface area contributed by atoms with E-state index >= 15 is 0 Å². The first-order valence-electron chi connectivity index (χ1n) is 8.47. The van der Waals surface area contributed by atoms with Gasteiger partial charge in [0.25, 0.3) is 0 Å². The van der Waals surface area contributed by atoms with Crippen molar-refractivity contribution < 1.29 is 31.4 Å². The Hall–Kier alpha value is -1.61. The fourth-order valence-corrected chi connectivity index (χ4v) is 3.02. The molecule has 0 aliphatic carbocycles. The molecule has 0 radical (unpaired) electrons. The summed E-state index contributed by atoms with van der Waals surface area (Å²) in [7, 11) is 0. The zero-order valence-electron chi connectivity index (χ0n) is 14.5. The molecule has 26 heavy (non-hydrogen) atoms. The second-order valence-electron chi connectivity index (χ2n) is 6.23. The molecule has 9 heteroatoms. The highest BCUT2D eigenvalue weighted by atomic mass is 19.4. The van der Waals surface area contributed by atoms with Gasteiger partial charge >= 0.3 is 12.8 Å². The van der Waals surface area contributed by atoms with Crippen LogP contribution in [0.2, 0.25) is 0 Å². The number of hydrogen-bond acceptors (Lipinski definition) is 4. The molecule has 1 N–H and O–H groups in total. The molecule has 1 atom stereocenters. The van der Waals surface area contributed by atoms with E-state index in [4.69, 9.17) is 4.74 Å². The van der Waals surface area contributed by atoms with Gasteiger partial charge < -0.3 is 14.8 Å². The molecule has 1 fully saturated rings. The normalized spacial score (nSPS) is 18.5. The minimum atomic E-state index is -4.17. The van der Waals surface area contributed by atoms with Crippen molar-refractivity contribution in [1.29, 1.82) is 0 Å². The van der Waals surface area contributed by atoms with Crippen molar-refractivity contribution in [2.45, 2.75) is 32.7 Å². The number of nitrogens with zero attached hydrogens (tertiary/aromatic N) is 1. The Kier molecular flexibility index (Phi) is 7.45. The Bertz CT molecular complexity index is 569. The Labute approximate surface area is 149 Å². The standard InChI is InChI=1S/C17H23F5N2O2/c1-2-25-15-7-12(3-4-14(15)26-16(18)19)8-23-9-13-5-6-24(10-13)11-17(20,21)22/h3-4,7,13,16,23H,2,5-6,8-11H2,1H3. The van der Waals surface area contributed by atoms with Crippen molar-refractivity contribution in [3.63, 3.8) is 0 Å². The van der Waals surface area contributed by atoms with Crippen molar-refractivity contribution in [3.8, 4) is 11.5 Å². The highest BCUT2D eigenvalue weighted by Crippen LogP contribution is 2.30. The molecule has 0 spiro atoms. The van der Waals surface area contributed by atoms with E-state index < -0.39 is 19.3 Å². The van der Waals surface area contributed by atoms with E-state index in [-0.39, 0.29) is 17.4 Å². The number of nitrogens with one attached hydrogen (secondary N) is 1. The maximum Gasteiger partial charge on any atom is 0.401 e. The van der Waals surface area contributed by atoms with Gasteiger partial charge in [-0.25, -0.2) is 0 Å². The molecule has 1 saturated heterocycles. The lowest BCUT2D eigenvalue weighted by molar-refractivity contribution is -0.143. The van der Waals surface area contributed by atoms with Crippen molar-refractivity contribution >= 4 is 0 Å². The van der Waals surface area contributed by atoms with Gasteiger partial charge in [-0.2, -0.15) is 22.0 Å². The predicted molar refractivity (Wildman–Crippen MR) is 86.6 cm³/mol. The Morgan fingerprint density at radius 2 is 2.04 bits per heavy atom. The van der Waals surface area contributed by atoms with Gasteiger partial charge in [0.15, 0.2) is 11.5 Å². The van der Waals surface area contributed by atoms with Gasteiger partial charge in [0, 0.05) is 13.1 Å². The zero-order chi connectivity index (χ0) is 19.2. The fraction of sp³-hybridized carbons (Fsp3) is 0.647. The number of alkyl halides is 5. The van der Waals surface area contributed by atoms with Gasteiger partial charge in [0.1, 0.15) is 0 Å². The molecule has 1 aromatic carbocycles. The first-order valence-corrected chi connectivity index (χ1v) is 8.47. The van der Waals surface area contributed by atoms with Crippen molar-refractivity contribution in [3.05, 3.63) is 23.8 Å². The van der Waals surface area contributed by atoms with Gasteiger partial charge in [-0.3, -0.25) is 4.90 Å². The Morgan fingerprint density at radius 3 is 2.69 bits per heavy atom. The quantitative estimate of drug-likeness (QED) is 0.661. The van der Waals surface area contributed by atoms with Gasteiger partial charge in [0.2, 0.25) is 0 Å². The number of ether oxygens (including phenoxy) is 2. The van der Waals surface area contributed by atoms with Crippen LogP contribution in [-0.2, 0) is 6.54 Å². The molecule has 1 unspecified atom stereocenters. The highest BCUT2D eigenvalue weighted by molar-refractivity contribution is 5.43. The summed E-state index contributed by atoms with van der Waals surface area (Å²) < 4.78 is 71.7. The van der Waals surface area contributed by atoms with Gasteiger partial charge in [0.05, 0.1) is 13.2 Å². The molecule has 0 saturated carbocycles. The molecule has 0 amide bonds. The van der Waals surface area contributed by atoms with E-state index in [1.165, 1.54) is 11.0 Å². The maximum atomic E-state index is 12.4. The number of likely N-dealkylation sites (tertiary alicyclic amines) is 1. The number of halogens is 5. The predicted octanol–water partition coefficient (Wildman–Crippen LogP) is 3.66. The van der Waals surface area contributed by atoms with E-state index in [1.54, 1.807) is 19.1 Å². The average Bonchev–Trinajstić information content (AvgIpc) is 2.95. The summed E-state index contributed by atoms with van der Waals surface area (Å²) in [4.78, 5) is 1.41. The lowest BCUT2D eigenvalue weighted by atomic mass is 10.1. The summed E-state index contributed by atoms with van der Waals surface area (Å²) in [6, 6.07) is 4.70. The van der Waals surface area contributed by atoms with Gasteiger partial charge in [-0.05, 0) is 50.0 Å². The van der Waals surface area contributed by atoms with Crippen LogP contribution in [0.5, 0.6) is 11.5 Å². The Balaban J connectivity index is 1.81. The number of rotatable bonds is 9. The molecule has 148 valence electrons. The average molecular weight is 382 g/mol. The van der Waals surface area contributed by atoms with E-state index in [1.807, 2.05) is 0 Å². The van der Waals surface area contributed by atoms with Gasteiger partial charge in [-0.1, -0.05) is 6.07 Å². The summed E-state index contributed by atoms with van der Waals surface area (Å²) >= 11 is 0. The summed E-state index contributed by atoms with van der Waals surface area (Å²) in [6.45, 7) is 0.167. The fourth-order valence-electron chi connectivity index (χ4n) is 3.02. The number of benzene rings is 1. The summed E-state index contributed by atoms with van der Waals surface area (Å²) in [6.07, 6.45) is -3.45. The lowest BCUT2D eigenvalue weighted by Crippen LogP contribution is -2.33.